The highest BCUT2D eigenvalue weighted by atomic mass is 35.5. The van der Waals surface area contributed by atoms with E-state index in [0.29, 0.717) is 18.2 Å². The van der Waals surface area contributed by atoms with Crippen LogP contribution in [0.4, 0.5) is 0 Å². The van der Waals surface area contributed by atoms with Crippen LogP contribution in [-0.4, -0.2) is 27.4 Å². The fraction of sp³-hybridized carbons (Fsp3) is 0.278. The van der Waals surface area contributed by atoms with Crippen LogP contribution in [0.5, 0.6) is 0 Å². The van der Waals surface area contributed by atoms with E-state index in [1.807, 2.05) is 60.0 Å². The summed E-state index contributed by atoms with van der Waals surface area (Å²) in [5.74, 6) is 0.892. The van der Waals surface area contributed by atoms with E-state index in [2.05, 4.69) is 4.98 Å². The van der Waals surface area contributed by atoms with Gasteiger partial charge in [-0.15, -0.1) is 0 Å². The fourth-order valence-corrected chi connectivity index (χ4v) is 2.71. The Morgan fingerprint density at radius 1 is 1.17 bits per heavy atom. The molecule has 0 amide bonds. The summed E-state index contributed by atoms with van der Waals surface area (Å²) in [7, 11) is 0. The van der Waals surface area contributed by atoms with Gasteiger partial charge in [-0.2, -0.15) is 0 Å². The SMILES string of the molecule is Cc1nc2ccccc2n1CC(O)COCc1ccc(Cl)cc1. The number of hydrogen-bond donors (Lipinski definition) is 1. The number of hydrogen-bond acceptors (Lipinski definition) is 3. The molecule has 1 N–H and O–H groups in total. The number of benzene rings is 2. The van der Waals surface area contributed by atoms with Crippen LogP contribution in [0.15, 0.2) is 48.5 Å². The minimum Gasteiger partial charge on any atom is -0.389 e. The van der Waals surface area contributed by atoms with Crippen molar-refractivity contribution in [3.05, 3.63) is 64.9 Å². The normalized spacial score (nSPS) is 12.7. The zero-order chi connectivity index (χ0) is 16.2. The van der Waals surface area contributed by atoms with Gasteiger partial charge >= 0.3 is 0 Å². The maximum absolute atomic E-state index is 10.2. The molecule has 0 saturated heterocycles. The molecule has 23 heavy (non-hydrogen) atoms. The highest BCUT2D eigenvalue weighted by molar-refractivity contribution is 6.30. The topological polar surface area (TPSA) is 47.3 Å². The van der Waals surface area contributed by atoms with Gasteiger partial charge in [0.05, 0.1) is 36.9 Å². The number of halogens is 1. The third-order valence-electron chi connectivity index (χ3n) is 3.73. The molecule has 1 atom stereocenters. The number of ether oxygens (including phenoxy) is 1. The van der Waals surface area contributed by atoms with Crippen LogP contribution in [0.25, 0.3) is 11.0 Å². The second kappa shape index (κ2) is 7.13. The van der Waals surface area contributed by atoms with Crippen LogP contribution in [-0.2, 0) is 17.9 Å². The number of rotatable bonds is 6. The molecule has 0 aliphatic rings. The molecule has 0 spiro atoms. The Labute approximate surface area is 140 Å². The predicted octanol–water partition coefficient (Wildman–Crippen LogP) is 3.58. The van der Waals surface area contributed by atoms with Gasteiger partial charge in [0.25, 0.3) is 0 Å². The standard InChI is InChI=1S/C18H19ClN2O2/c1-13-20-17-4-2-3-5-18(17)21(13)10-16(22)12-23-11-14-6-8-15(19)9-7-14/h2-9,16,22H,10-12H2,1H3. The van der Waals surface area contributed by atoms with Crippen molar-refractivity contribution in [1.29, 1.82) is 0 Å². The van der Waals surface area contributed by atoms with Crippen molar-refractivity contribution in [1.82, 2.24) is 9.55 Å². The second-order valence-electron chi connectivity index (χ2n) is 5.55. The van der Waals surface area contributed by atoms with Gasteiger partial charge in [-0.05, 0) is 36.8 Å². The summed E-state index contributed by atoms with van der Waals surface area (Å²) in [6, 6.07) is 15.4. The summed E-state index contributed by atoms with van der Waals surface area (Å²) in [6.07, 6.45) is -0.585. The Balaban J connectivity index is 1.57. The Bertz CT molecular complexity index is 783. The number of aromatic nitrogens is 2. The summed E-state index contributed by atoms with van der Waals surface area (Å²) < 4.78 is 7.61. The van der Waals surface area contributed by atoms with Crippen LogP contribution in [0.3, 0.4) is 0 Å². The monoisotopic (exact) mass is 330 g/mol. The first kappa shape index (κ1) is 16.0. The molecule has 1 unspecified atom stereocenters. The van der Waals surface area contributed by atoms with Crippen molar-refractivity contribution in [2.75, 3.05) is 6.61 Å². The van der Waals surface area contributed by atoms with Gasteiger partial charge in [0, 0.05) is 5.02 Å². The number of aryl methyl sites for hydroxylation is 1. The van der Waals surface area contributed by atoms with E-state index in [9.17, 15) is 5.11 Å². The summed E-state index contributed by atoms with van der Waals surface area (Å²) >= 11 is 5.85. The van der Waals surface area contributed by atoms with E-state index in [4.69, 9.17) is 16.3 Å². The van der Waals surface area contributed by atoms with Crippen LogP contribution in [0, 0.1) is 6.92 Å². The average molecular weight is 331 g/mol. The van der Waals surface area contributed by atoms with Crippen LogP contribution in [0.1, 0.15) is 11.4 Å². The van der Waals surface area contributed by atoms with Gasteiger partial charge in [0.1, 0.15) is 5.82 Å². The molecular formula is C18H19ClN2O2. The lowest BCUT2D eigenvalue weighted by Crippen LogP contribution is -2.22. The third kappa shape index (κ3) is 3.91. The minimum atomic E-state index is -0.585. The Morgan fingerprint density at radius 2 is 1.91 bits per heavy atom. The first-order valence-corrected chi connectivity index (χ1v) is 7.93. The van der Waals surface area contributed by atoms with E-state index >= 15 is 0 Å². The molecule has 0 fully saturated rings. The van der Waals surface area contributed by atoms with Crippen molar-refractivity contribution < 1.29 is 9.84 Å². The van der Waals surface area contributed by atoms with Crippen molar-refractivity contribution >= 4 is 22.6 Å². The number of para-hydroxylation sites is 2. The largest absolute Gasteiger partial charge is 0.389 e. The molecule has 0 bridgehead atoms. The third-order valence-corrected chi connectivity index (χ3v) is 3.98. The second-order valence-corrected chi connectivity index (χ2v) is 5.99. The Morgan fingerprint density at radius 3 is 2.70 bits per heavy atom. The Kier molecular flexibility index (Phi) is 4.96. The first-order chi connectivity index (χ1) is 11.1. The number of aliphatic hydroxyl groups is 1. The van der Waals surface area contributed by atoms with Crippen molar-refractivity contribution in [2.45, 2.75) is 26.2 Å². The van der Waals surface area contributed by atoms with Gasteiger partial charge in [0.15, 0.2) is 0 Å². The number of fused-ring (bicyclic) bond motifs is 1. The summed E-state index contributed by atoms with van der Waals surface area (Å²) in [5.41, 5.74) is 3.01. The lowest BCUT2D eigenvalue weighted by Gasteiger charge is -2.14. The van der Waals surface area contributed by atoms with E-state index in [1.165, 1.54) is 0 Å². The molecule has 3 aromatic rings. The summed E-state index contributed by atoms with van der Waals surface area (Å²) in [6.45, 7) is 3.14. The highest BCUT2D eigenvalue weighted by Crippen LogP contribution is 2.16. The highest BCUT2D eigenvalue weighted by Gasteiger charge is 2.11. The van der Waals surface area contributed by atoms with Gasteiger partial charge in [-0.3, -0.25) is 0 Å². The molecule has 1 heterocycles. The van der Waals surface area contributed by atoms with Crippen LogP contribution < -0.4 is 0 Å². The maximum Gasteiger partial charge on any atom is 0.106 e. The molecule has 0 aliphatic carbocycles. The van der Waals surface area contributed by atoms with Gasteiger partial charge in [0.2, 0.25) is 0 Å². The van der Waals surface area contributed by atoms with Crippen LogP contribution >= 0.6 is 11.6 Å². The van der Waals surface area contributed by atoms with Gasteiger partial charge in [-0.1, -0.05) is 35.9 Å². The van der Waals surface area contributed by atoms with Gasteiger partial charge in [-0.25, -0.2) is 4.98 Å². The predicted molar refractivity (Wildman–Crippen MR) is 91.6 cm³/mol. The van der Waals surface area contributed by atoms with Gasteiger partial charge < -0.3 is 14.4 Å². The molecule has 3 rings (SSSR count). The minimum absolute atomic E-state index is 0.272. The quantitative estimate of drug-likeness (QED) is 0.751. The van der Waals surface area contributed by atoms with E-state index in [0.717, 1.165) is 22.4 Å². The molecule has 2 aromatic carbocycles. The molecule has 0 saturated carbocycles. The van der Waals surface area contributed by atoms with Crippen molar-refractivity contribution in [3.8, 4) is 0 Å². The average Bonchev–Trinajstić information content (AvgIpc) is 2.85. The first-order valence-electron chi connectivity index (χ1n) is 7.55. The Hall–Kier alpha value is -1.88. The van der Waals surface area contributed by atoms with E-state index < -0.39 is 6.10 Å². The molecule has 0 aliphatic heterocycles. The summed E-state index contributed by atoms with van der Waals surface area (Å²) in [5, 5.41) is 10.9. The lowest BCUT2D eigenvalue weighted by molar-refractivity contribution is 0.0206. The smallest absolute Gasteiger partial charge is 0.106 e. The maximum atomic E-state index is 10.2. The molecule has 120 valence electrons. The molecule has 0 radical (unpaired) electrons. The molecule has 5 heteroatoms. The van der Waals surface area contributed by atoms with E-state index in [1.54, 1.807) is 0 Å². The van der Waals surface area contributed by atoms with Crippen LogP contribution in [0.2, 0.25) is 5.02 Å². The zero-order valence-corrected chi connectivity index (χ0v) is 13.7. The fourth-order valence-electron chi connectivity index (χ4n) is 2.58. The number of nitrogens with zero attached hydrogens (tertiary/aromatic N) is 2. The number of aliphatic hydroxyl groups excluding tert-OH is 1. The lowest BCUT2D eigenvalue weighted by atomic mass is 10.2. The molecule has 4 nitrogen and oxygen atoms in total. The van der Waals surface area contributed by atoms with Crippen molar-refractivity contribution in [2.24, 2.45) is 0 Å². The molecule has 1 aromatic heterocycles. The molecular weight excluding hydrogens is 312 g/mol. The van der Waals surface area contributed by atoms with Crippen molar-refractivity contribution in [3.63, 3.8) is 0 Å². The van der Waals surface area contributed by atoms with E-state index in [-0.39, 0.29) is 6.61 Å². The number of imidazole rings is 1. The zero-order valence-electron chi connectivity index (χ0n) is 12.9. The summed E-state index contributed by atoms with van der Waals surface area (Å²) in [4.78, 5) is 4.50.